The highest BCUT2D eigenvalue weighted by Crippen LogP contribution is 2.22. The van der Waals surface area contributed by atoms with Gasteiger partial charge in [0.05, 0.1) is 23.8 Å². The van der Waals surface area contributed by atoms with Crippen molar-refractivity contribution in [3.8, 4) is 0 Å². The summed E-state index contributed by atoms with van der Waals surface area (Å²) in [6.45, 7) is 5.03. The molecule has 1 N–H and O–H groups in total. The number of pyridine rings is 1. The van der Waals surface area contributed by atoms with Gasteiger partial charge in [0.25, 0.3) is 5.91 Å². The molecular weight excluding hydrogens is 326 g/mol. The van der Waals surface area contributed by atoms with Gasteiger partial charge in [-0.3, -0.25) is 4.79 Å². The first kappa shape index (κ1) is 16.7. The second kappa shape index (κ2) is 7.64. The maximum Gasteiger partial charge on any atom is 0.255 e. The maximum atomic E-state index is 12.4. The average Bonchev–Trinajstić information content (AvgIpc) is 2.62. The summed E-state index contributed by atoms with van der Waals surface area (Å²) in [4.78, 5) is 18.5. The van der Waals surface area contributed by atoms with E-state index in [1.807, 2.05) is 0 Å². The van der Waals surface area contributed by atoms with Crippen molar-refractivity contribution < 1.29 is 9.53 Å². The predicted octanol–water partition coefficient (Wildman–Crippen LogP) is 3.13. The normalized spacial score (nSPS) is 14.5. The Balaban J connectivity index is 1.65. The van der Waals surface area contributed by atoms with Crippen molar-refractivity contribution >= 4 is 23.3 Å². The molecule has 1 aromatic carbocycles. The van der Waals surface area contributed by atoms with Gasteiger partial charge in [-0.2, -0.15) is 0 Å². The largest absolute Gasteiger partial charge is 0.378 e. The molecule has 1 aliphatic rings. The number of amides is 1. The molecule has 0 bridgehead atoms. The summed E-state index contributed by atoms with van der Waals surface area (Å²) in [5.41, 5.74) is 2.87. The number of rotatable bonds is 4. The summed E-state index contributed by atoms with van der Waals surface area (Å²) < 4.78 is 5.26. The fourth-order valence-corrected chi connectivity index (χ4v) is 2.76. The molecule has 1 fully saturated rings. The molecule has 126 valence electrons. The number of anilines is 1. The third-order valence-electron chi connectivity index (χ3n) is 3.97. The van der Waals surface area contributed by atoms with Gasteiger partial charge < -0.3 is 15.0 Å². The fourth-order valence-electron chi connectivity index (χ4n) is 2.53. The SMILES string of the molecule is Cc1ccc(CNc2ncc(C(=O)N3CCOCC3)cc2Cl)cc1. The van der Waals surface area contributed by atoms with Crippen LogP contribution in [-0.4, -0.2) is 42.1 Å². The van der Waals surface area contributed by atoms with Crippen LogP contribution in [0.2, 0.25) is 5.02 Å². The summed E-state index contributed by atoms with van der Waals surface area (Å²) >= 11 is 6.28. The van der Waals surface area contributed by atoms with Crippen molar-refractivity contribution in [3.05, 3.63) is 58.2 Å². The zero-order chi connectivity index (χ0) is 16.9. The third kappa shape index (κ3) is 4.04. The van der Waals surface area contributed by atoms with Gasteiger partial charge >= 0.3 is 0 Å². The van der Waals surface area contributed by atoms with E-state index in [0.29, 0.717) is 49.3 Å². The average molecular weight is 346 g/mol. The number of aromatic nitrogens is 1. The first-order valence-electron chi connectivity index (χ1n) is 7.95. The number of morpholine rings is 1. The molecule has 6 heteroatoms. The van der Waals surface area contributed by atoms with Crippen LogP contribution < -0.4 is 5.32 Å². The van der Waals surface area contributed by atoms with E-state index in [-0.39, 0.29) is 5.91 Å². The Morgan fingerprint density at radius 2 is 2.00 bits per heavy atom. The van der Waals surface area contributed by atoms with Crippen molar-refractivity contribution in [1.29, 1.82) is 0 Å². The van der Waals surface area contributed by atoms with Crippen LogP contribution in [0.4, 0.5) is 5.82 Å². The Morgan fingerprint density at radius 3 is 2.67 bits per heavy atom. The number of carbonyl (C=O) groups excluding carboxylic acids is 1. The summed E-state index contributed by atoms with van der Waals surface area (Å²) in [7, 11) is 0. The van der Waals surface area contributed by atoms with Gasteiger partial charge in [-0.1, -0.05) is 41.4 Å². The van der Waals surface area contributed by atoms with Crippen LogP contribution in [0.25, 0.3) is 0 Å². The number of carbonyl (C=O) groups is 1. The molecule has 0 aliphatic carbocycles. The second-order valence-corrected chi connectivity index (χ2v) is 6.21. The Morgan fingerprint density at radius 1 is 1.29 bits per heavy atom. The van der Waals surface area contributed by atoms with Crippen LogP contribution in [0.15, 0.2) is 36.5 Å². The van der Waals surface area contributed by atoms with E-state index in [1.54, 1.807) is 17.2 Å². The second-order valence-electron chi connectivity index (χ2n) is 5.80. The van der Waals surface area contributed by atoms with Crippen LogP contribution in [0.5, 0.6) is 0 Å². The van der Waals surface area contributed by atoms with Crippen molar-refractivity contribution in [3.63, 3.8) is 0 Å². The minimum absolute atomic E-state index is 0.0576. The van der Waals surface area contributed by atoms with Gasteiger partial charge in [0.15, 0.2) is 0 Å². The highest BCUT2D eigenvalue weighted by atomic mass is 35.5. The number of nitrogens with zero attached hydrogens (tertiary/aromatic N) is 2. The highest BCUT2D eigenvalue weighted by Gasteiger charge is 2.19. The van der Waals surface area contributed by atoms with E-state index in [4.69, 9.17) is 16.3 Å². The molecule has 2 heterocycles. The molecule has 1 aliphatic heterocycles. The van der Waals surface area contributed by atoms with Crippen LogP contribution in [-0.2, 0) is 11.3 Å². The lowest BCUT2D eigenvalue weighted by molar-refractivity contribution is 0.0302. The first-order valence-corrected chi connectivity index (χ1v) is 8.33. The number of hydrogen-bond acceptors (Lipinski definition) is 4. The minimum atomic E-state index is -0.0576. The molecular formula is C18H20ClN3O2. The number of ether oxygens (including phenoxy) is 1. The Bertz CT molecular complexity index is 713. The summed E-state index contributed by atoms with van der Waals surface area (Å²) in [5, 5.41) is 3.65. The lowest BCUT2D eigenvalue weighted by Gasteiger charge is -2.26. The van der Waals surface area contributed by atoms with E-state index in [1.165, 1.54) is 5.56 Å². The molecule has 2 aromatic rings. The van der Waals surface area contributed by atoms with Crippen LogP contribution in [0, 0.1) is 6.92 Å². The molecule has 0 spiro atoms. The van der Waals surface area contributed by atoms with Gasteiger partial charge in [0, 0.05) is 25.8 Å². The Kier molecular flexibility index (Phi) is 5.33. The first-order chi connectivity index (χ1) is 11.6. The summed E-state index contributed by atoms with van der Waals surface area (Å²) in [6, 6.07) is 9.93. The molecule has 1 amide bonds. The third-order valence-corrected chi connectivity index (χ3v) is 4.26. The lowest BCUT2D eigenvalue weighted by atomic mass is 10.1. The van der Waals surface area contributed by atoms with Gasteiger partial charge in [0.1, 0.15) is 5.82 Å². The Labute approximate surface area is 146 Å². The van der Waals surface area contributed by atoms with Crippen LogP contribution in [0.3, 0.4) is 0 Å². The molecule has 0 saturated carbocycles. The van der Waals surface area contributed by atoms with Crippen LogP contribution in [0.1, 0.15) is 21.5 Å². The van der Waals surface area contributed by atoms with Crippen molar-refractivity contribution in [1.82, 2.24) is 9.88 Å². The smallest absolute Gasteiger partial charge is 0.255 e. The van der Waals surface area contributed by atoms with E-state index in [0.717, 1.165) is 5.56 Å². The van der Waals surface area contributed by atoms with Crippen molar-refractivity contribution in [2.24, 2.45) is 0 Å². The molecule has 24 heavy (non-hydrogen) atoms. The van der Waals surface area contributed by atoms with Gasteiger partial charge in [0.2, 0.25) is 0 Å². The van der Waals surface area contributed by atoms with Crippen molar-refractivity contribution in [2.45, 2.75) is 13.5 Å². The van der Waals surface area contributed by atoms with E-state index in [2.05, 4.69) is 41.5 Å². The zero-order valence-electron chi connectivity index (χ0n) is 13.6. The maximum absolute atomic E-state index is 12.4. The molecule has 0 radical (unpaired) electrons. The van der Waals surface area contributed by atoms with Gasteiger partial charge in [-0.25, -0.2) is 4.98 Å². The Hall–Kier alpha value is -2.11. The van der Waals surface area contributed by atoms with E-state index in [9.17, 15) is 4.79 Å². The topological polar surface area (TPSA) is 54.5 Å². The monoisotopic (exact) mass is 345 g/mol. The van der Waals surface area contributed by atoms with Gasteiger partial charge in [-0.15, -0.1) is 0 Å². The molecule has 1 aromatic heterocycles. The quantitative estimate of drug-likeness (QED) is 0.925. The molecule has 0 unspecified atom stereocenters. The molecule has 5 nitrogen and oxygen atoms in total. The van der Waals surface area contributed by atoms with Gasteiger partial charge in [-0.05, 0) is 18.6 Å². The van der Waals surface area contributed by atoms with Crippen LogP contribution >= 0.6 is 11.6 Å². The van der Waals surface area contributed by atoms with Crippen molar-refractivity contribution in [2.75, 3.05) is 31.6 Å². The minimum Gasteiger partial charge on any atom is -0.378 e. The molecule has 3 rings (SSSR count). The summed E-state index contributed by atoms with van der Waals surface area (Å²) in [5.74, 6) is 0.522. The lowest BCUT2D eigenvalue weighted by Crippen LogP contribution is -2.40. The summed E-state index contributed by atoms with van der Waals surface area (Å²) in [6.07, 6.45) is 1.57. The number of halogens is 1. The van der Waals surface area contributed by atoms with E-state index < -0.39 is 0 Å². The predicted molar refractivity (Wildman–Crippen MR) is 94.5 cm³/mol. The molecule has 0 atom stereocenters. The zero-order valence-corrected chi connectivity index (χ0v) is 14.3. The number of benzene rings is 1. The standard InChI is InChI=1S/C18H20ClN3O2/c1-13-2-4-14(5-3-13)11-20-17-16(19)10-15(12-21-17)18(23)22-6-8-24-9-7-22/h2-5,10,12H,6-9,11H2,1H3,(H,20,21). The number of hydrogen-bond donors (Lipinski definition) is 1. The van der Waals surface area contributed by atoms with E-state index >= 15 is 0 Å². The molecule has 1 saturated heterocycles. The fraction of sp³-hybridized carbons (Fsp3) is 0.333. The number of aryl methyl sites for hydroxylation is 1. The number of nitrogens with one attached hydrogen (secondary N) is 1. The highest BCUT2D eigenvalue weighted by molar-refractivity contribution is 6.33.